The van der Waals surface area contributed by atoms with Gasteiger partial charge in [0.05, 0.1) is 22.0 Å². The zero-order valence-electron chi connectivity index (χ0n) is 16.7. The Balaban J connectivity index is 2.05. The van der Waals surface area contributed by atoms with E-state index in [1.165, 1.54) is 0 Å². The fourth-order valence-corrected chi connectivity index (χ4v) is 4.19. The first kappa shape index (κ1) is 24.1. The Morgan fingerprint density at radius 1 is 1.06 bits per heavy atom. The van der Waals surface area contributed by atoms with E-state index in [2.05, 4.69) is 5.32 Å². The molecule has 1 N–H and O–H groups in total. The minimum Gasteiger partial charge on any atom is -0.462 e. The van der Waals surface area contributed by atoms with Gasteiger partial charge in [-0.15, -0.1) is 11.3 Å². The van der Waals surface area contributed by atoms with Gasteiger partial charge in [0.2, 0.25) is 0 Å². The molecule has 0 fully saturated rings. The Morgan fingerprint density at radius 3 is 2.15 bits per heavy atom. The highest BCUT2D eigenvalue weighted by molar-refractivity contribution is 7.15. The molecule has 1 aromatic heterocycles. The van der Waals surface area contributed by atoms with Crippen molar-refractivity contribution in [2.45, 2.75) is 6.92 Å². The van der Waals surface area contributed by atoms with E-state index in [1.54, 1.807) is 36.6 Å². The summed E-state index contributed by atoms with van der Waals surface area (Å²) in [4.78, 5) is 46.1. The number of rotatable bonds is 7. The van der Waals surface area contributed by atoms with Crippen LogP contribution in [-0.2, 0) is 4.74 Å². The van der Waals surface area contributed by atoms with Crippen molar-refractivity contribution < 1.29 is 24.2 Å². The van der Waals surface area contributed by atoms with Gasteiger partial charge < -0.3 is 10.1 Å². The number of ether oxygens (including phenoxy) is 1. The highest BCUT2D eigenvalue weighted by Gasteiger charge is 2.29. The number of halogens is 2. The van der Waals surface area contributed by atoms with E-state index in [-0.39, 0.29) is 22.7 Å². The van der Waals surface area contributed by atoms with Crippen LogP contribution in [0.3, 0.4) is 0 Å². The van der Waals surface area contributed by atoms with Crippen LogP contribution in [0.2, 0.25) is 10.0 Å². The van der Waals surface area contributed by atoms with Gasteiger partial charge >= 0.3 is 5.97 Å². The second-order valence-corrected chi connectivity index (χ2v) is 8.07. The molecule has 33 heavy (non-hydrogen) atoms. The number of carbonyl (C=O) groups is 2. The minimum atomic E-state index is -0.931. The summed E-state index contributed by atoms with van der Waals surface area (Å²) < 4.78 is 5.11. The van der Waals surface area contributed by atoms with Crippen LogP contribution in [0.1, 0.15) is 27.6 Å². The molecular formula is C20H13Cl2N3O7S. The Labute approximate surface area is 200 Å². The second-order valence-electron chi connectivity index (χ2n) is 6.38. The number of esters is 1. The lowest BCUT2D eigenvalue weighted by Gasteiger charge is -2.09. The SMILES string of the molecule is CCOC(=O)c1c(-c2ccc(Cl)cc2)csc1NC(=O)c1cc([N+](=O)[O-])c(Cl)c([N+](=O)[O-])c1. The fraction of sp³-hybridized carbons (Fsp3) is 0.100. The van der Waals surface area contributed by atoms with Crippen molar-refractivity contribution in [3.63, 3.8) is 0 Å². The molecular weight excluding hydrogens is 497 g/mol. The third kappa shape index (κ3) is 5.11. The minimum absolute atomic E-state index is 0.0653. The Bertz CT molecular complexity index is 1240. The van der Waals surface area contributed by atoms with E-state index in [9.17, 15) is 29.8 Å². The predicted octanol–water partition coefficient (Wildman–Crippen LogP) is 5.97. The number of nitro groups is 2. The topological polar surface area (TPSA) is 142 Å². The van der Waals surface area contributed by atoms with Crippen molar-refractivity contribution in [2.75, 3.05) is 11.9 Å². The average molecular weight is 510 g/mol. The molecule has 0 atom stereocenters. The molecule has 3 rings (SSSR count). The van der Waals surface area contributed by atoms with Crippen LogP contribution in [0, 0.1) is 20.2 Å². The van der Waals surface area contributed by atoms with Crippen molar-refractivity contribution in [1.82, 2.24) is 0 Å². The van der Waals surface area contributed by atoms with Gasteiger partial charge in [0, 0.05) is 28.1 Å². The third-order valence-electron chi connectivity index (χ3n) is 4.34. The second kappa shape index (κ2) is 9.94. The van der Waals surface area contributed by atoms with E-state index in [4.69, 9.17) is 27.9 Å². The molecule has 0 radical (unpaired) electrons. The maximum absolute atomic E-state index is 12.8. The van der Waals surface area contributed by atoms with Crippen molar-refractivity contribution >= 4 is 62.8 Å². The number of thiophene rings is 1. The van der Waals surface area contributed by atoms with E-state index >= 15 is 0 Å². The Morgan fingerprint density at radius 2 is 1.64 bits per heavy atom. The molecule has 10 nitrogen and oxygen atoms in total. The first-order chi connectivity index (χ1) is 15.6. The molecule has 0 saturated carbocycles. The van der Waals surface area contributed by atoms with Gasteiger partial charge in [-0.2, -0.15) is 0 Å². The molecule has 13 heteroatoms. The Hall–Kier alpha value is -3.54. The zero-order valence-corrected chi connectivity index (χ0v) is 19.0. The van der Waals surface area contributed by atoms with Gasteiger partial charge in [0.25, 0.3) is 17.3 Å². The van der Waals surface area contributed by atoms with Gasteiger partial charge in [-0.3, -0.25) is 25.0 Å². The smallest absolute Gasteiger partial charge is 0.341 e. The normalized spacial score (nSPS) is 10.5. The lowest BCUT2D eigenvalue weighted by Crippen LogP contribution is -2.15. The fourth-order valence-electron chi connectivity index (χ4n) is 2.86. The van der Waals surface area contributed by atoms with Gasteiger partial charge in [-0.05, 0) is 24.6 Å². The van der Waals surface area contributed by atoms with Crippen molar-refractivity contribution in [3.05, 3.63) is 83.2 Å². The van der Waals surface area contributed by atoms with Crippen molar-refractivity contribution in [2.24, 2.45) is 0 Å². The largest absolute Gasteiger partial charge is 0.462 e. The third-order valence-corrected chi connectivity index (χ3v) is 5.88. The molecule has 0 aliphatic heterocycles. The molecule has 1 heterocycles. The summed E-state index contributed by atoms with van der Waals surface area (Å²) >= 11 is 12.7. The molecule has 170 valence electrons. The number of anilines is 1. The number of carbonyl (C=O) groups excluding carboxylic acids is 2. The number of nitrogens with one attached hydrogen (secondary N) is 1. The van der Waals surface area contributed by atoms with Crippen LogP contribution >= 0.6 is 34.5 Å². The summed E-state index contributed by atoms with van der Waals surface area (Å²) in [6, 6.07) is 8.28. The van der Waals surface area contributed by atoms with E-state index in [0.29, 0.717) is 16.1 Å². The van der Waals surface area contributed by atoms with Crippen LogP contribution in [0.4, 0.5) is 16.4 Å². The summed E-state index contributed by atoms with van der Waals surface area (Å²) in [5, 5.41) is 26.5. The van der Waals surface area contributed by atoms with Crippen molar-refractivity contribution in [1.29, 1.82) is 0 Å². The number of benzene rings is 2. The zero-order chi connectivity index (χ0) is 24.3. The maximum atomic E-state index is 12.8. The lowest BCUT2D eigenvalue weighted by molar-refractivity contribution is -0.393. The number of nitro benzene ring substituents is 2. The van der Waals surface area contributed by atoms with Crippen molar-refractivity contribution in [3.8, 4) is 11.1 Å². The van der Waals surface area contributed by atoms with Gasteiger partial charge in [-0.25, -0.2) is 4.79 Å². The predicted molar refractivity (Wildman–Crippen MR) is 123 cm³/mol. The molecule has 0 aliphatic rings. The molecule has 0 saturated heterocycles. The van der Waals surface area contributed by atoms with Gasteiger partial charge in [0.15, 0.2) is 5.02 Å². The Kier molecular flexibility index (Phi) is 7.26. The van der Waals surface area contributed by atoms with Gasteiger partial charge in [0.1, 0.15) is 10.6 Å². The van der Waals surface area contributed by atoms with E-state index in [1.807, 2.05) is 0 Å². The van der Waals surface area contributed by atoms with Crippen LogP contribution < -0.4 is 5.32 Å². The van der Waals surface area contributed by atoms with Crippen LogP contribution in [0.5, 0.6) is 0 Å². The summed E-state index contributed by atoms with van der Waals surface area (Å²) in [7, 11) is 0. The number of hydrogen-bond donors (Lipinski definition) is 1. The summed E-state index contributed by atoms with van der Waals surface area (Å²) in [6.45, 7) is 1.70. The molecule has 3 aromatic rings. The number of hydrogen-bond acceptors (Lipinski definition) is 8. The maximum Gasteiger partial charge on any atom is 0.341 e. The highest BCUT2D eigenvalue weighted by Crippen LogP contribution is 2.38. The lowest BCUT2D eigenvalue weighted by atomic mass is 10.0. The first-order valence-electron chi connectivity index (χ1n) is 9.12. The number of nitrogens with zero attached hydrogens (tertiary/aromatic N) is 2. The molecule has 2 aromatic carbocycles. The highest BCUT2D eigenvalue weighted by atomic mass is 35.5. The standard InChI is InChI=1S/C20H13Cl2N3O7S/c1-2-32-20(27)16-13(10-3-5-12(21)6-4-10)9-33-19(16)23-18(26)11-7-14(24(28)29)17(22)15(8-11)25(30)31/h3-9H,2H2,1H3,(H,23,26). The molecule has 0 bridgehead atoms. The van der Waals surface area contributed by atoms with E-state index in [0.717, 1.165) is 23.5 Å². The quantitative estimate of drug-likeness (QED) is 0.235. The molecule has 0 unspecified atom stereocenters. The average Bonchev–Trinajstić information content (AvgIpc) is 3.17. The van der Waals surface area contributed by atoms with Gasteiger partial charge in [-0.1, -0.05) is 35.3 Å². The molecule has 0 spiro atoms. The van der Waals surface area contributed by atoms with E-state index < -0.39 is 38.1 Å². The summed E-state index contributed by atoms with van der Waals surface area (Å²) in [5.41, 5.74) is -0.802. The molecule has 0 aliphatic carbocycles. The summed E-state index contributed by atoms with van der Waals surface area (Å²) in [5.74, 6) is -1.61. The van der Waals surface area contributed by atoms with Crippen LogP contribution in [-0.4, -0.2) is 28.3 Å². The molecule has 1 amide bonds. The van der Waals surface area contributed by atoms with Crippen LogP contribution in [0.15, 0.2) is 41.8 Å². The number of amides is 1. The van der Waals surface area contributed by atoms with Crippen LogP contribution in [0.25, 0.3) is 11.1 Å². The monoisotopic (exact) mass is 509 g/mol. The summed E-state index contributed by atoms with van der Waals surface area (Å²) in [6.07, 6.45) is 0. The first-order valence-corrected chi connectivity index (χ1v) is 10.8.